The molecule has 0 N–H and O–H groups in total. The van der Waals surface area contributed by atoms with Crippen molar-refractivity contribution in [3.8, 4) is 0 Å². The van der Waals surface area contributed by atoms with E-state index in [1.807, 2.05) is 18.7 Å². The summed E-state index contributed by atoms with van der Waals surface area (Å²) in [7, 11) is -3.77. The van der Waals surface area contributed by atoms with E-state index in [1.165, 1.54) is 22.6 Å². The minimum atomic E-state index is -3.77. The molecule has 0 bridgehead atoms. The third-order valence-corrected chi connectivity index (χ3v) is 7.04. The van der Waals surface area contributed by atoms with E-state index in [1.54, 1.807) is 36.1 Å². The van der Waals surface area contributed by atoms with Gasteiger partial charge in [-0.3, -0.25) is 4.79 Å². The van der Waals surface area contributed by atoms with E-state index in [0.717, 1.165) is 5.56 Å². The molecule has 9 heteroatoms. The average molecular weight is 449 g/mol. The summed E-state index contributed by atoms with van der Waals surface area (Å²) >= 11 is 0. The van der Waals surface area contributed by atoms with Gasteiger partial charge in [0.2, 0.25) is 15.9 Å². The number of pyridine rings is 1. The molecule has 1 aromatic carbocycles. The van der Waals surface area contributed by atoms with E-state index in [4.69, 9.17) is 0 Å². The van der Waals surface area contributed by atoms with Crippen LogP contribution < -0.4 is 4.90 Å². The highest BCUT2D eigenvalue weighted by Crippen LogP contribution is 2.22. The van der Waals surface area contributed by atoms with Gasteiger partial charge < -0.3 is 9.80 Å². The lowest BCUT2D eigenvalue weighted by molar-refractivity contribution is -0.129. The first-order valence-electron chi connectivity index (χ1n) is 10.4. The third kappa shape index (κ3) is 5.80. The van der Waals surface area contributed by atoms with Crippen LogP contribution in [0.1, 0.15) is 26.3 Å². The number of aromatic nitrogens is 1. The quantitative estimate of drug-likeness (QED) is 0.651. The van der Waals surface area contributed by atoms with E-state index in [0.29, 0.717) is 38.5 Å². The first-order valence-corrected chi connectivity index (χ1v) is 11.8. The minimum absolute atomic E-state index is 0.0560. The van der Waals surface area contributed by atoms with Gasteiger partial charge in [0.25, 0.3) is 0 Å². The highest BCUT2D eigenvalue weighted by atomic mass is 32.2. The Bertz CT molecular complexity index is 986. The molecule has 2 aromatic rings. The number of nitrogens with zero attached hydrogens (tertiary/aromatic N) is 4. The Hall–Kier alpha value is -2.52. The molecule has 7 nitrogen and oxygen atoms in total. The summed E-state index contributed by atoms with van der Waals surface area (Å²) in [6.07, 6.45) is 1.39. The van der Waals surface area contributed by atoms with Crippen LogP contribution in [0.2, 0.25) is 0 Å². The van der Waals surface area contributed by atoms with Gasteiger partial charge in [-0.15, -0.1) is 0 Å². The Kier molecular flexibility index (Phi) is 7.27. The van der Waals surface area contributed by atoms with Gasteiger partial charge in [0.1, 0.15) is 16.5 Å². The van der Waals surface area contributed by atoms with Gasteiger partial charge in [-0.1, -0.05) is 26.0 Å². The number of carbonyl (C=O) groups is 1. The highest BCUT2D eigenvalue weighted by Gasteiger charge is 2.27. The molecule has 1 aliphatic heterocycles. The molecule has 0 spiro atoms. The van der Waals surface area contributed by atoms with Gasteiger partial charge in [-0.2, -0.15) is 4.31 Å². The summed E-state index contributed by atoms with van der Waals surface area (Å²) < 4.78 is 41.2. The predicted molar refractivity (Wildman–Crippen MR) is 118 cm³/mol. The zero-order valence-corrected chi connectivity index (χ0v) is 19.0. The largest absolute Gasteiger partial charge is 0.353 e. The van der Waals surface area contributed by atoms with E-state index < -0.39 is 10.0 Å². The van der Waals surface area contributed by atoms with Crippen LogP contribution in [0, 0.1) is 11.7 Å². The van der Waals surface area contributed by atoms with Crippen molar-refractivity contribution in [1.29, 1.82) is 0 Å². The van der Waals surface area contributed by atoms with Gasteiger partial charge >= 0.3 is 0 Å². The Morgan fingerprint density at radius 1 is 1.10 bits per heavy atom. The molecule has 0 saturated carbocycles. The maximum atomic E-state index is 13.3. The molecule has 1 saturated heterocycles. The molecule has 1 aliphatic rings. The van der Waals surface area contributed by atoms with Crippen molar-refractivity contribution in [3.05, 3.63) is 54.0 Å². The average Bonchev–Trinajstić information content (AvgIpc) is 2.74. The van der Waals surface area contributed by atoms with E-state index >= 15 is 0 Å². The van der Waals surface area contributed by atoms with Gasteiger partial charge in [-0.25, -0.2) is 17.8 Å². The number of benzene rings is 1. The SMILES string of the molecule is CC(=O)N1CCN(c2ccc(S(=O)(=O)N(Cc3ccc(F)cc3)CC(C)C)cn2)CC1. The molecular weight excluding hydrogens is 419 g/mol. The van der Waals surface area contributed by atoms with Crippen molar-refractivity contribution in [1.82, 2.24) is 14.2 Å². The van der Waals surface area contributed by atoms with Crippen molar-refractivity contribution in [2.75, 3.05) is 37.6 Å². The fourth-order valence-corrected chi connectivity index (χ4v) is 5.10. The standard InChI is InChI=1S/C22H29FN4O3S/c1-17(2)15-27(16-19-4-6-20(23)7-5-19)31(29,30)21-8-9-22(24-14-21)26-12-10-25(11-13-26)18(3)28/h4-9,14,17H,10-13,15-16H2,1-3H3. The molecule has 0 atom stereocenters. The van der Waals surface area contributed by atoms with Crippen LogP contribution >= 0.6 is 0 Å². The Morgan fingerprint density at radius 2 is 1.74 bits per heavy atom. The van der Waals surface area contributed by atoms with Gasteiger partial charge in [0, 0.05) is 52.4 Å². The Labute approximate surface area is 183 Å². The summed E-state index contributed by atoms with van der Waals surface area (Å²) in [6, 6.07) is 9.14. The summed E-state index contributed by atoms with van der Waals surface area (Å²) in [5, 5.41) is 0. The number of amides is 1. The second-order valence-corrected chi connectivity index (χ2v) is 10.1. The lowest BCUT2D eigenvalue weighted by Gasteiger charge is -2.35. The predicted octanol–water partition coefficient (Wildman–Crippen LogP) is 2.74. The monoisotopic (exact) mass is 448 g/mol. The third-order valence-electron chi connectivity index (χ3n) is 5.25. The molecule has 1 amide bonds. The van der Waals surface area contributed by atoms with Crippen LogP contribution in [0.3, 0.4) is 0 Å². The Morgan fingerprint density at radius 3 is 2.26 bits per heavy atom. The molecule has 1 aromatic heterocycles. The summed E-state index contributed by atoms with van der Waals surface area (Å²) in [4.78, 5) is 19.8. The number of hydrogen-bond acceptors (Lipinski definition) is 5. The molecule has 1 fully saturated rings. The first-order chi connectivity index (χ1) is 14.7. The smallest absolute Gasteiger partial charge is 0.244 e. The second kappa shape index (κ2) is 9.74. The van der Waals surface area contributed by atoms with Crippen molar-refractivity contribution in [3.63, 3.8) is 0 Å². The number of rotatable bonds is 7. The molecule has 0 aliphatic carbocycles. The fourth-order valence-electron chi connectivity index (χ4n) is 3.56. The normalized spacial score (nSPS) is 15.0. The molecule has 2 heterocycles. The van der Waals surface area contributed by atoms with Crippen molar-refractivity contribution < 1.29 is 17.6 Å². The van der Waals surface area contributed by atoms with E-state index in [-0.39, 0.29) is 29.1 Å². The van der Waals surface area contributed by atoms with Gasteiger partial charge in [0.15, 0.2) is 0 Å². The fraction of sp³-hybridized carbons (Fsp3) is 0.455. The van der Waals surface area contributed by atoms with Crippen LogP contribution in [0.5, 0.6) is 0 Å². The molecule has 168 valence electrons. The lowest BCUT2D eigenvalue weighted by Crippen LogP contribution is -2.48. The topological polar surface area (TPSA) is 73.8 Å². The summed E-state index contributed by atoms with van der Waals surface area (Å²) in [5.74, 6) is 0.516. The van der Waals surface area contributed by atoms with Crippen molar-refractivity contribution in [2.45, 2.75) is 32.2 Å². The molecular formula is C22H29FN4O3S. The van der Waals surface area contributed by atoms with Crippen molar-refractivity contribution >= 4 is 21.7 Å². The summed E-state index contributed by atoms with van der Waals surface area (Å²) in [6.45, 7) is 8.52. The number of piperazine rings is 1. The molecule has 3 rings (SSSR count). The lowest BCUT2D eigenvalue weighted by atomic mass is 10.2. The molecule has 0 radical (unpaired) electrons. The van der Waals surface area contributed by atoms with Crippen molar-refractivity contribution in [2.24, 2.45) is 5.92 Å². The number of sulfonamides is 1. The highest BCUT2D eigenvalue weighted by molar-refractivity contribution is 7.89. The molecule has 0 unspecified atom stereocenters. The zero-order valence-electron chi connectivity index (χ0n) is 18.2. The van der Waals surface area contributed by atoms with E-state index in [2.05, 4.69) is 4.98 Å². The number of anilines is 1. The number of halogens is 1. The van der Waals surface area contributed by atoms with Gasteiger partial charge in [-0.05, 0) is 35.7 Å². The minimum Gasteiger partial charge on any atom is -0.353 e. The second-order valence-electron chi connectivity index (χ2n) is 8.16. The van der Waals surface area contributed by atoms with Crippen LogP contribution in [0.15, 0.2) is 47.5 Å². The molecule has 31 heavy (non-hydrogen) atoms. The zero-order chi connectivity index (χ0) is 22.6. The van der Waals surface area contributed by atoms with E-state index in [9.17, 15) is 17.6 Å². The number of hydrogen-bond donors (Lipinski definition) is 0. The van der Waals surface area contributed by atoms with Crippen LogP contribution in [-0.2, 0) is 21.4 Å². The maximum absolute atomic E-state index is 13.3. The van der Waals surface area contributed by atoms with Gasteiger partial charge in [0.05, 0.1) is 0 Å². The first kappa shape index (κ1) is 23.1. The van der Waals surface area contributed by atoms with Crippen LogP contribution in [0.25, 0.3) is 0 Å². The Balaban J connectivity index is 1.76. The number of carbonyl (C=O) groups excluding carboxylic acids is 1. The van der Waals surface area contributed by atoms with Crippen LogP contribution in [0.4, 0.5) is 10.2 Å². The van der Waals surface area contributed by atoms with Crippen LogP contribution in [-0.4, -0.2) is 61.2 Å². The maximum Gasteiger partial charge on any atom is 0.244 e. The summed E-state index contributed by atoms with van der Waals surface area (Å²) in [5.41, 5.74) is 0.721.